The Hall–Kier alpha value is -0.960. The fraction of sp³-hybridized carbons (Fsp3) is 0.714. The molecule has 0 aromatic carbocycles. The Morgan fingerprint density at radius 1 is 1.69 bits per heavy atom. The third-order valence-corrected chi connectivity index (χ3v) is 2.82. The molecular weight excluding hydrogens is 193 g/mol. The molecule has 1 N–H and O–H groups in total. The van der Waals surface area contributed by atoms with Crippen LogP contribution < -0.4 is 0 Å². The number of likely N-dealkylation sites (tertiary alicyclic amines) is 1. The lowest BCUT2D eigenvalue weighted by Crippen LogP contribution is -2.44. The predicted octanol–water partition coefficient (Wildman–Crippen LogP) is 0.0860. The summed E-state index contributed by atoms with van der Waals surface area (Å²) in [4.78, 5) is 23.0. The zero-order valence-corrected chi connectivity index (χ0v) is 8.02. The quantitative estimate of drug-likeness (QED) is 0.661. The molecule has 2 atom stereocenters. The Kier molecular flexibility index (Phi) is 3.37. The molecule has 1 heterocycles. The number of rotatable bonds is 3. The Labute approximate surface area is 76.9 Å². The maximum absolute atomic E-state index is 11.4. The number of piperidine rings is 1. The van der Waals surface area contributed by atoms with Crippen LogP contribution in [0.5, 0.6) is 0 Å². The van der Waals surface area contributed by atoms with Crippen molar-refractivity contribution >= 4 is 20.3 Å². The molecule has 1 amide bonds. The predicted molar refractivity (Wildman–Crippen MR) is 46.2 cm³/mol. The minimum absolute atomic E-state index is 0.278. The monoisotopic (exact) mass is 204 g/mol. The van der Waals surface area contributed by atoms with Gasteiger partial charge in [-0.05, 0) is 6.42 Å². The standard InChI is InChI=1S/C7H10NO4P/c9-6(10)4-8-3-1-2-5(13-12)7(8)11/h5H,1-4H2,(H,9,10)/p+1. The normalized spacial score (nSPS) is 23.5. The van der Waals surface area contributed by atoms with E-state index in [1.807, 2.05) is 0 Å². The maximum Gasteiger partial charge on any atom is 0.337 e. The van der Waals surface area contributed by atoms with Gasteiger partial charge < -0.3 is 10.0 Å². The zero-order valence-electron chi connectivity index (χ0n) is 7.02. The lowest BCUT2D eigenvalue weighted by Gasteiger charge is -2.25. The van der Waals surface area contributed by atoms with Gasteiger partial charge in [0.25, 0.3) is 5.91 Å². The van der Waals surface area contributed by atoms with E-state index >= 15 is 0 Å². The number of aliphatic carboxylic acids is 1. The number of hydrogen-bond donors (Lipinski definition) is 1. The molecule has 5 nitrogen and oxygen atoms in total. The van der Waals surface area contributed by atoms with E-state index in [1.54, 1.807) is 0 Å². The summed E-state index contributed by atoms with van der Waals surface area (Å²) in [6.07, 6.45) is 1.34. The van der Waals surface area contributed by atoms with Crippen LogP contribution in [-0.2, 0) is 14.2 Å². The SMILES string of the molecule is O=[PH+]C1CCCN(CC(=O)O)C1=O. The first-order valence-corrected chi connectivity index (χ1v) is 5.02. The maximum atomic E-state index is 11.4. The second kappa shape index (κ2) is 4.33. The van der Waals surface area contributed by atoms with E-state index in [0.29, 0.717) is 13.0 Å². The molecule has 13 heavy (non-hydrogen) atoms. The number of carbonyl (C=O) groups excluding carboxylic acids is 1. The van der Waals surface area contributed by atoms with Gasteiger partial charge >= 0.3 is 14.4 Å². The van der Waals surface area contributed by atoms with Gasteiger partial charge in [-0.15, -0.1) is 0 Å². The first-order chi connectivity index (χ1) is 6.15. The third kappa shape index (κ3) is 2.49. The van der Waals surface area contributed by atoms with Gasteiger partial charge in [0.05, 0.1) is 0 Å². The molecule has 0 spiro atoms. The van der Waals surface area contributed by atoms with Gasteiger partial charge in [0.15, 0.2) is 0 Å². The fourth-order valence-corrected chi connectivity index (χ4v) is 1.98. The van der Waals surface area contributed by atoms with Gasteiger partial charge in [0.1, 0.15) is 6.54 Å². The van der Waals surface area contributed by atoms with Gasteiger partial charge in [0.2, 0.25) is 5.66 Å². The topological polar surface area (TPSA) is 74.7 Å². The molecule has 0 aliphatic carbocycles. The van der Waals surface area contributed by atoms with Crippen molar-refractivity contribution < 1.29 is 19.3 Å². The summed E-state index contributed by atoms with van der Waals surface area (Å²) in [5, 5.41) is 8.47. The van der Waals surface area contributed by atoms with Crippen molar-refractivity contribution in [3.63, 3.8) is 0 Å². The highest BCUT2D eigenvalue weighted by Crippen LogP contribution is 2.21. The van der Waals surface area contributed by atoms with E-state index in [2.05, 4.69) is 0 Å². The van der Waals surface area contributed by atoms with E-state index in [-0.39, 0.29) is 12.5 Å². The molecule has 0 saturated carbocycles. The number of carboxylic acid groups (broad SMARTS) is 1. The number of carboxylic acids is 1. The van der Waals surface area contributed by atoms with Crippen molar-refractivity contribution in [2.75, 3.05) is 13.1 Å². The molecule has 1 aliphatic rings. The van der Waals surface area contributed by atoms with Gasteiger partial charge in [-0.3, -0.25) is 9.59 Å². The Balaban J connectivity index is 2.59. The van der Waals surface area contributed by atoms with Crippen LogP contribution in [0, 0.1) is 0 Å². The lowest BCUT2D eigenvalue weighted by molar-refractivity contribution is -0.145. The van der Waals surface area contributed by atoms with Crippen LogP contribution in [-0.4, -0.2) is 40.6 Å². The summed E-state index contributed by atoms with van der Waals surface area (Å²) in [6.45, 7) is 0.186. The molecule has 1 fully saturated rings. The van der Waals surface area contributed by atoms with Crippen LogP contribution in [0.3, 0.4) is 0 Å². The fourth-order valence-electron chi connectivity index (χ4n) is 1.37. The van der Waals surface area contributed by atoms with E-state index < -0.39 is 20.1 Å². The Bertz CT molecular complexity index is 243. The number of nitrogens with zero attached hydrogens (tertiary/aromatic N) is 1. The number of amides is 1. The van der Waals surface area contributed by atoms with E-state index in [4.69, 9.17) is 5.11 Å². The lowest BCUT2D eigenvalue weighted by atomic mass is 10.1. The van der Waals surface area contributed by atoms with Crippen LogP contribution in [0.15, 0.2) is 0 Å². The molecule has 1 rings (SSSR count). The minimum Gasteiger partial charge on any atom is -0.480 e. The second-order valence-electron chi connectivity index (χ2n) is 2.97. The van der Waals surface area contributed by atoms with E-state index in [0.717, 1.165) is 6.42 Å². The first-order valence-electron chi connectivity index (χ1n) is 4.03. The molecular formula is C7H11NO4P+. The highest BCUT2D eigenvalue weighted by molar-refractivity contribution is 7.26. The Morgan fingerprint density at radius 2 is 2.38 bits per heavy atom. The van der Waals surface area contributed by atoms with Gasteiger partial charge in [-0.25, -0.2) is 0 Å². The molecule has 0 bridgehead atoms. The van der Waals surface area contributed by atoms with Crippen molar-refractivity contribution in [1.29, 1.82) is 0 Å². The molecule has 0 radical (unpaired) electrons. The summed E-state index contributed by atoms with van der Waals surface area (Å²) in [7, 11) is -0.664. The molecule has 0 aromatic rings. The minimum atomic E-state index is -1.02. The number of hydrogen-bond acceptors (Lipinski definition) is 3. The second-order valence-corrected chi connectivity index (χ2v) is 3.90. The van der Waals surface area contributed by atoms with Crippen LogP contribution in [0.2, 0.25) is 0 Å². The van der Waals surface area contributed by atoms with Crippen molar-refractivity contribution in [3.05, 3.63) is 0 Å². The van der Waals surface area contributed by atoms with Crippen LogP contribution in [0.4, 0.5) is 0 Å². The molecule has 2 unspecified atom stereocenters. The Morgan fingerprint density at radius 3 is 2.92 bits per heavy atom. The van der Waals surface area contributed by atoms with Gasteiger partial charge in [-0.1, -0.05) is 4.57 Å². The van der Waals surface area contributed by atoms with Crippen molar-refractivity contribution in [1.82, 2.24) is 4.90 Å². The smallest absolute Gasteiger partial charge is 0.337 e. The highest BCUT2D eigenvalue weighted by Gasteiger charge is 2.34. The molecule has 6 heteroatoms. The average Bonchev–Trinajstić information content (AvgIpc) is 2.08. The summed E-state index contributed by atoms with van der Waals surface area (Å²) < 4.78 is 10.6. The molecule has 0 aromatic heterocycles. The van der Waals surface area contributed by atoms with Crippen molar-refractivity contribution in [2.24, 2.45) is 0 Å². The van der Waals surface area contributed by atoms with Crippen LogP contribution in [0.25, 0.3) is 0 Å². The summed E-state index contributed by atoms with van der Waals surface area (Å²) in [5.74, 6) is -1.31. The molecule has 1 aliphatic heterocycles. The summed E-state index contributed by atoms with van der Waals surface area (Å²) in [6, 6.07) is 0. The molecule has 72 valence electrons. The highest BCUT2D eigenvalue weighted by atomic mass is 31.1. The average molecular weight is 204 g/mol. The van der Waals surface area contributed by atoms with Crippen molar-refractivity contribution in [3.8, 4) is 0 Å². The van der Waals surface area contributed by atoms with Crippen LogP contribution >= 0.6 is 8.46 Å². The van der Waals surface area contributed by atoms with E-state index in [1.165, 1.54) is 4.90 Å². The largest absolute Gasteiger partial charge is 0.480 e. The van der Waals surface area contributed by atoms with E-state index in [9.17, 15) is 14.2 Å². The summed E-state index contributed by atoms with van der Waals surface area (Å²) >= 11 is 0. The van der Waals surface area contributed by atoms with Crippen molar-refractivity contribution in [2.45, 2.75) is 18.5 Å². The number of carbonyl (C=O) groups is 2. The zero-order chi connectivity index (χ0) is 9.84. The molecule has 1 saturated heterocycles. The first kappa shape index (κ1) is 10.1. The van der Waals surface area contributed by atoms with Crippen LogP contribution in [0.1, 0.15) is 12.8 Å². The van der Waals surface area contributed by atoms with Gasteiger partial charge in [0, 0.05) is 13.0 Å². The van der Waals surface area contributed by atoms with Gasteiger partial charge in [-0.2, -0.15) is 0 Å². The summed E-state index contributed by atoms with van der Waals surface area (Å²) in [5.41, 5.74) is -0.479. The third-order valence-electron chi connectivity index (χ3n) is 2.00.